The van der Waals surface area contributed by atoms with Crippen LogP contribution in [-0.2, 0) is 12.8 Å². The lowest BCUT2D eigenvalue weighted by Crippen LogP contribution is -2.33. The molecule has 2 unspecified atom stereocenters. The van der Waals surface area contributed by atoms with Gasteiger partial charge in [-0.05, 0) is 55.1 Å². The summed E-state index contributed by atoms with van der Waals surface area (Å²) in [5.74, 6) is 0.634. The summed E-state index contributed by atoms with van der Waals surface area (Å²) in [5, 5.41) is 3.54. The van der Waals surface area contributed by atoms with Crippen LogP contribution in [0.3, 0.4) is 0 Å². The zero-order valence-electron chi connectivity index (χ0n) is 11.8. The van der Waals surface area contributed by atoms with E-state index in [1.165, 1.54) is 24.0 Å². The molecular weight excluding hydrogens is 310 g/mol. The van der Waals surface area contributed by atoms with Crippen molar-refractivity contribution in [1.29, 1.82) is 0 Å². The van der Waals surface area contributed by atoms with Crippen LogP contribution in [0.4, 0.5) is 0 Å². The average molecular weight is 330 g/mol. The minimum atomic E-state index is 0.507. The zero-order chi connectivity index (χ0) is 13.9. The maximum Gasteiger partial charge on any atom is 0.0178 e. The summed E-state index contributed by atoms with van der Waals surface area (Å²) in [6.45, 7) is 0. The van der Waals surface area contributed by atoms with E-state index in [-0.39, 0.29) is 0 Å². The molecule has 0 fully saturated rings. The van der Waals surface area contributed by atoms with Gasteiger partial charge in [-0.2, -0.15) is 0 Å². The van der Waals surface area contributed by atoms with Gasteiger partial charge in [0.15, 0.2) is 0 Å². The molecular formula is C18H20BrN. The van der Waals surface area contributed by atoms with Crippen molar-refractivity contribution in [3.63, 3.8) is 0 Å². The van der Waals surface area contributed by atoms with Crippen molar-refractivity contribution in [1.82, 2.24) is 5.32 Å². The van der Waals surface area contributed by atoms with E-state index in [0.717, 1.165) is 10.9 Å². The molecule has 1 nitrogen and oxygen atoms in total. The fourth-order valence-corrected chi connectivity index (χ4v) is 3.82. The Bertz CT molecular complexity index is 593. The van der Waals surface area contributed by atoms with Crippen LogP contribution in [0.2, 0.25) is 0 Å². The van der Waals surface area contributed by atoms with Gasteiger partial charge in [0.2, 0.25) is 0 Å². The minimum absolute atomic E-state index is 0.507. The minimum Gasteiger partial charge on any atom is -0.316 e. The van der Waals surface area contributed by atoms with E-state index in [4.69, 9.17) is 0 Å². The molecule has 1 aliphatic carbocycles. The molecule has 2 aromatic rings. The van der Waals surface area contributed by atoms with Crippen LogP contribution in [0.1, 0.15) is 29.0 Å². The number of halogens is 1. The van der Waals surface area contributed by atoms with E-state index in [2.05, 4.69) is 76.8 Å². The average Bonchev–Trinajstić information content (AvgIpc) is 2.89. The molecule has 0 bridgehead atoms. The Morgan fingerprint density at radius 1 is 1.20 bits per heavy atom. The highest BCUT2D eigenvalue weighted by molar-refractivity contribution is 9.10. The molecule has 2 aromatic carbocycles. The first-order valence-electron chi connectivity index (χ1n) is 7.27. The summed E-state index contributed by atoms with van der Waals surface area (Å²) in [4.78, 5) is 0. The molecule has 0 aromatic heterocycles. The molecule has 0 saturated carbocycles. The number of hydrogen-bond donors (Lipinski definition) is 1. The fourth-order valence-electron chi connectivity index (χ4n) is 3.37. The number of aryl methyl sites for hydroxylation is 1. The predicted molar refractivity (Wildman–Crippen MR) is 88.2 cm³/mol. The number of fused-ring (bicyclic) bond motifs is 1. The highest BCUT2D eigenvalue weighted by atomic mass is 79.9. The van der Waals surface area contributed by atoms with Gasteiger partial charge in [0.05, 0.1) is 0 Å². The lowest BCUT2D eigenvalue weighted by molar-refractivity contribution is 0.456. The fraction of sp³-hybridized carbons (Fsp3) is 0.333. The van der Waals surface area contributed by atoms with Gasteiger partial charge in [-0.15, -0.1) is 0 Å². The number of hydrogen-bond acceptors (Lipinski definition) is 1. The van der Waals surface area contributed by atoms with Crippen molar-refractivity contribution in [2.45, 2.75) is 31.2 Å². The number of benzene rings is 2. The molecule has 1 N–H and O–H groups in total. The van der Waals surface area contributed by atoms with E-state index >= 15 is 0 Å². The monoisotopic (exact) mass is 329 g/mol. The van der Waals surface area contributed by atoms with E-state index in [9.17, 15) is 0 Å². The maximum atomic E-state index is 3.56. The highest BCUT2D eigenvalue weighted by Gasteiger charge is 2.28. The molecule has 20 heavy (non-hydrogen) atoms. The Labute approximate surface area is 129 Å². The van der Waals surface area contributed by atoms with Gasteiger partial charge in [0.25, 0.3) is 0 Å². The molecule has 3 rings (SSSR count). The van der Waals surface area contributed by atoms with Crippen molar-refractivity contribution in [3.05, 3.63) is 69.7 Å². The molecule has 0 radical (unpaired) electrons. The van der Waals surface area contributed by atoms with Gasteiger partial charge >= 0.3 is 0 Å². The smallest absolute Gasteiger partial charge is 0.0178 e. The van der Waals surface area contributed by atoms with Gasteiger partial charge in [-0.25, -0.2) is 0 Å². The Balaban J connectivity index is 1.81. The topological polar surface area (TPSA) is 12.0 Å². The Hall–Kier alpha value is -1.12. The Kier molecular flexibility index (Phi) is 4.23. The number of likely N-dealkylation sites (N-methyl/N-ethyl adjacent to an activating group) is 1. The summed E-state index contributed by atoms with van der Waals surface area (Å²) < 4.78 is 1.16. The SMILES string of the molecule is CNC(Cc1cccc(Br)c1)C1CCc2ccccc21. The third-order valence-corrected chi connectivity index (χ3v) is 4.87. The molecule has 0 spiro atoms. The van der Waals surface area contributed by atoms with Crippen LogP contribution in [-0.4, -0.2) is 13.1 Å². The summed E-state index contributed by atoms with van der Waals surface area (Å²) >= 11 is 3.56. The van der Waals surface area contributed by atoms with Crippen molar-refractivity contribution in [2.75, 3.05) is 7.05 Å². The van der Waals surface area contributed by atoms with Crippen LogP contribution >= 0.6 is 15.9 Å². The molecule has 104 valence electrons. The van der Waals surface area contributed by atoms with Gasteiger partial charge in [-0.1, -0.05) is 52.3 Å². The van der Waals surface area contributed by atoms with Gasteiger partial charge in [0.1, 0.15) is 0 Å². The van der Waals surface area contributed by atoms with Crippen molar-refractivity contribution >= 4 is 15.9 Å². The number of nitrogens with one attached hydrogen (secondary N) is 1. The zero-order valence-corrected chi connectivity index (χ0v) is 13.4. The van der Waals surface area contributed by atoms with Crippen molar-refractivity contribution in [2.24, 2.45) is 0 Å². The van der Waals surface area contributed by atoms with Crippen LogP contribution in [0.15, 0.2) is 53.0 Å². The maximum absolute atomic E-state index is 3.56. The van der Waals surface area contributed by atoms with E-state index < -0.39 is 0 Å². The lowest BCUT2D eigenvalue weighted by atomic mass is 9.89. The summed E-state index contributed by atoms with van der Waals surface area (Å²) in [6.07, 6.45) is 3.56. The predicted octanol–water partition coefficient (Wildman–Crippen LogP) is 4.31. The highest BCUT2D eigenvalue weighted by Crippen LogP contribution is 2.36. The van der Waals surface area contributed by atoms with E-state index in [1.807, 2.05) is 0 Å². The van der Waals surface area contributed by atoms with Crippen molar-refractivity contribution in [3.8, 4) is 0 Å². The third-order valence-electron chi connectivity index (χ3n) is 4.38. The van der Waals surface area contributed by atoms with Gasteiger partial charge in [0, 0.05) is 16.4 Å². The molecule has 0 amide bonds. The molecule has 0 heterocycles. The molecule has 2 heteroatoms. The summed E-state index contributed by atoms with van der Waals surface area (Å²) in [7, 11) is 2.09. The third kappa shape index (κ3) is 2.82. The van der Waals surface area contributed by atoms with Crippen LogP contribution in [0.25, 0.3) is 0 Å². The van der Waals surface area contributed by atoms with Crippen LogP contribution in [0.5, 0.6) is 0 Å². The largest absolute Gasteiger partial charge is 0.316 e. The first-order chi connectivity index (χ1) is 9.78. The first-order valence-corrected chi connectivity index (χ1v) is 8.06. The summed E-state index contributed by atoms with van der Waals surface area (Å²) in [5.41, 5.74) is 4.47. The number of rotatable bonds is 4. The quantitative estimate of drug-likeness (QED) is 0.881. The Morgan fingerprint density at radius 3 is 2.85 bits per heavy atom. The van der Waals surface area contributed by atoms with Crippen LogP contribution in [0, 0.1) is 0 Å². The van der Waals surface area contributed by atoms with Gasteiger partial charge in [-0.3, -0.25) is 0 Å². The Morgan fingerprint density at radius 2 is 2.05 bits per heavy atom. The van der Waals surface area contributed by atoms with E-state index in [0.29, 0.717) is 12.0 Å². The van der Waals surface area contributed by atoms with Crippen molar-refractivity contribution < 1.29 is 0 Å². The molecule has 2 atom stereocenters. The second-order valence-electron chi connectivity index (χ2n) is 5.57. The normalized spacial score (nSPS) is 18.8. The first kappa shape index (κ1) is 13.8. The second-order valence-corrected chi connectivity index (χ2v) is 6.49. The lowest BCUT2D eigenvalue weighted by Gasteiger charge is -2.24. The molecule has 0 saturated heterocycles. The van der Waals surface area contributed by atoms with E-state index in [1.54, 1.807) is 5.56 Å². The molecule has 0 aliphatic heterocycles. The summed E-state index contributed by atoms with van der Waals surface area (Å²) in [6, 6.07) is 18.1. The standard InChI is InChI=1S/C18H20BrN/c1-20-18(12-13-5-4-7-15(19)11-13)17-10-9-14-6-2-3-8-16(14)17/h2-8,11,17-18,20H,9-10,12H2,1H3. The van der Waals surface area contributed by atoms with Gasteiger partial charge < -0.3 is 5.32 Å². The van der Waals surface area contributed by atoms with Crippen LogP contribution < -0.4 is 5.32 Å². The second kappa shape index (κ2) is 6.11. The molecule has 1 aliphatic rings.